The van der Waals surface area contributed by atoms with Crippen molar-refractivity contribution in [3.63, 3.8) is 0 Å². The highest BCUT2D eigenvalue weighted by Gasteiger charge is 2.27. The van der Waals surface area contributed by atoms with E-state index in [2.05, 4.69) is 6.92 Å². The molecule has 0 aromatic rings. The zero-order valence-corrected chi connectivity index (χ0v) is 9.47. The number of hydrogen-bond donors (Lipinski definition) is 1. The molecule has 13 heavy (non-hydrogen) atoms. The Morgan fingerprint density at radius 3 is 1.77 bits per heavy atom. The van der Waals surface area contributed by atoms with Crippen LogP contribution in [0.2, 0.25) is 0 Å². The molecule has 1 saturated carbocycles. The van der Waals surface area contributed by atoms with Gasteiger partial charge in [0.05, 0.1) is 5.25 Å². The predicted molar refractivity (Wildman–Crippen MR) is 54.3 cm³/mol. The molecule has 0 atom stereocenters. The Bertz CT molecular complexity index is 213. The van der Waals surface area contributed by atoms with Crippen LogP contribution in [-0.4, -0.2) is 18.2 Å². The smallest absolute Gasteiger partial charge is 0.267 e. The van der Waals surface area contributed by atoms with E-state index < -0.39 is 15.4 Å². The van der Waals surface area contributed by atoms with E-state index in [1.807, 2.05) is 13.8 Å². The molecular formula is C9H20O3S. The van der Waals surface area contributed by atoms with E-state index in [1.165, 1.54) is 0 Å². The van der Waals surface area contributed by atoms with Crippen molar-refractivity contribution < 1.29 is 13.0 Å². The van der Waals surface area contributed by atoms with Crippen molar-refractivity contribution >= 4 is 10.1 Å². The van der Waals surface area contributed by atoms with Crippen molar-refractivity contribution in [3.8, 4) is 0 Å². The van der Waals surface area contributed by atoms with Crippen LogP contribution in [0.1, 0.15) is 46.5 Å². The summed E-state index contributed by atoms with van der Waals surface area (Å²) in [6.45, 7) is 6.11. The van der Waals surface area contributed by atoms with Crippen LogP contribution in [0.15, 0.2) is 0 Å². The van der Waals surface area contributed by atoms with Crippen LogP contribution in [0.4, 0.5) is 0 Å². The van der Waals surface area contributed by atoms with Gasteiger partial charge in [-0.2, -0.15) is 8.42 Å². The summed E-state index contributed by atoms with van der Waals surface area (Å²) in [6, 6.07) is 0. The standard InChI is InChI=1S/C7H14O3S.C2H6/c1-6-2-4-7(5-3-6)11(8,9)10;1-2/h6-7H,2-5H2,1H3,(H,8,9,10);1-2H3. The molecule has 1 fully saturated rings. The van der Waals surface area contributed by atoms with Gasteiger partial charge in [0.15, 0.2) is 0 Å². The van der Waals surface area contributed by atoms with E-state index in [0.717, 1.165) is 12.8 Å². The maximum absolute atomic E-state index is 10.6. The second kappa shape index (κ2) is 5.60. The minimum absolute atomic E-state index is 0.487. The van der Waals surface area contributed by atoms with Gasteiger partial charge in [0.1, 0.15) is 0 Å². The van der Waals surface area contributed by atoms with Gasteiger partial charge in [-0.05, 0) is 31.6 Å². The highest BCUT2D eigenvalue weighted by Crippen LogP contribution is 2.27. The van der Waals surface area contributed by atoms with Crippen LogP contribution in [0.5, 0.6) is 0 Å². The van der Waals surface area contributed by atoms with Crippen molar-refractivity contribution in [1.82, 2.24) is 0 Å². The van der Waals surface area contributed by atoms with Crippen LogP contribution in [0.3, 0.4) is 0 Å². The molecule has 0 bridgehead atoms. The fourth-order valence-electron chi connectivity index (χ4n) is 1.53. The van der Waals surface area contributed by atoms with E-state index >= 15 is 0 Å². The molecule has 0 aromatic heterocycles. The summed E-state index contributed by atoms with van der Waals surface area (Å²) in [4.78, 5) is 0. The Kier molecular flexibility index (Phi) is 5.56. The van der Waals surface area contributed by atoms with Gasteiger partial charge >= 0.3 is 0 Å². The molecule has 0 amide bonds. The molecule has 1 rings (SSSR count). The minimum atomic E-state index is -3.75. The lowest BCUT2D eigenvalue weighted by atomic mass is 9.91. The SMILES string of the molecule is CC.CC1CCC(S(=O)(=O)O)CC1. The van der Waals surface area contributed by atoms with Crippen molar-refractivity contribution in [2.75, 3.05) is 0 Å². The zero-order chi connectivity index (χ0) is 10.5. The molecule has 1 N–H and O–H groups in total. The number of rotatable bonds is 1. The van der Waals surface area contributed by atoms with Gasteiger partial charge in [0, 0.05) is 0 Å². The third-order valence-electron chi connectivity index (χ3n) is 2.38. The van der Waals surface area contributed by atoms with Crippen LogP contribution >= 0.6 is 0 Å². The average molecular weight is 208 g/mol. The van der Waals surface area contributed by atoms with E-state index in [1.54, 1.807) is 0 Å². The Hall–Kier alpha value is -0.0900. The third-order valence-corrected chi connectivity index (χ3v) is 3.70. The minimum Gasteiger partial charge on any atom is -0.285 e. The molecule has 4 heteroatoms. The lowest BCUT2D eigenvalue weighted by Gasteiger charge is -2.23. The van der Waals surface area contributed by atoms with Crippen molar-refractivity contribution in [1.29, 1.82) is 0 Å². The molecule has 0 radical (unpaired) electrons. The second-order valence-corrected chi connectivity index (χ2v) is 5.09. The molecule has 1 aliphatic carbocycles. The maximum atomic E-state index is 10.6. The normalized spacial score (nSPS) is 28.9. The number of hydrogen-bond acceptors (Lipinski definition) is 2. The molecule has 0 spiro atoms. The quantitative estimate of drug-likeness (QED) is 0.673. The molecule has 0 aliphatic heterocycles. The summed E-state index contributed by atoms with van der Waals surface area (Å²) in [6.07, 6.45) is 3.09. The van der Waals surface area contributed by atoms with Crippen molar-refractivity contribution in [2.45, 2.75) is 51.7 Å². The Labute approximate surface area is 81.3 Å². The fourth-order valence-corrected chi connectivity index (χ4v) is 2.40. The first-order chi connectivity index (χ1) is 6.00. The van der Waals surface area contributed by atoms with Crippen molar-refractivity contribution in [3.05, 3.63) is 0 Å². The molecule has 0 saturated heterocycles. The van der Waals surface area contributed by atoms with Gasteiger partial charge in [-0.25, -0.2) is 0 Å². The van der Waals surface area contributed by atoms with Crippen molar-refractivity contribution in [2.24, 2.45) is 5.92 Å². The average Bonchev–Trinajstić information content (AvgIpc) is 2.07. The van der Waals surface area contributed by atoms with Gasteiger partial charge in [-0.1, -0.05) is 20.8 Å². The predicted octanol–water partition coefficient (Wildman–Crippen LogP) is 2.48. The largest absolute Gasteiger partial charge is 0.285 e. The van der Waals surface area contributed by atoms with Crippen LogP contribution in [-0.2, 0) is 10.1 Å². The molecule has 0 aromatic carbocycles. The Morgan fingerprint density at radius 1 is 1.08 bits per heavy atom. The molecule has 1 aliphatic rings. The fraction of sp³-hybridized carbons (Fsp3) is 1.00. The van der Waals surface area contributed by atoms with Gasteiger partial charge in [0.25, 0.3) is 10.1 Å². The van der Waals surface area contributed by atoms with Crippen LogP contribution < -0.4 is 0 Å². The first kappa shape index (κ1) is 12.9. The molecular weight excluding hydrogens is 188 g/mol. The summed E-state index contributed by atoms with van der Waals surface area (Å²) < 4.78 is 30.0. The van der Waals surface area contributed by atoms with Gasteiger partial charge < -0.3 is 0 Å². The van der Waals surface area contributed by atoms with Crippen LogP contribution in [0, 0.1) is 5.92 Å². The highest BCUT2D eigenvalue weighted by molar-refractivity contribution is 7.86. The monoisotopic (exact) mass is 208 g/mol. The van der Waals surface area contributed by atoms with E-state index in [4.69, 9.17) is 4.55 Å². The topological polar surface area (TPSA) is 54.4 Å². The summed E-state index contributed by atoms with van der Waals surface area (Å²) in [5.74, 6) is 0.619. The van der Waals surface area contributed by atoms with Crippen LogP contribution in [0.25, 0.3) is 0 Å². The molecule has 80 valence electrons. The Balaban J connectivity index is 0.000000671. The second-order valence-electron chi connectivity index (χ2n) is 3.40. The first-order valence-electron chi connectivity index (χ1n) is 4.96. The molecule has 0 heterocycles. The van der Waals surface area contributed by atoms with E-state index in [9.17, 15) is 8.42 Å². The maximum Gasteiger partial charge on any atom is 0.267 e. The summed E-state index contributed by atoms with van der Waals surface area (Å²) >= 11 is 0. The van der Waals surface area contributed by atoms with Gasteiger partial charge in [-0.3, -0.25) is 4.55 Å². The molecule has 0 unspecified atom stereocenters. The third kappa shape index (κ3) is 4.62. The molecule has 3 nitrogen and oxygen atoms in total. The highest BCUT2D eigenvalue weighted by atomic mass is 32.2. The van der Waals surface area contributed by atoms with Gasteiger partial charge in [-0.15, -0.1) is 0 Å². The lowest BCUT2D eigenvalue weighted by molar-refractivity contribution is 0.364. The zero-order valence-electron chi connectivity index (χ0n) is 8.66. The van der Waals surface area contributed by atoms with E-state index in [-0.39, 0.29) is 0 Å². The Morgan fingerprint density at radius 2 is 1.46 bits per heavy atom. The lowest BCUT2D eigenvalue weighted by Crippen LogP contribution is -2.25. The first-order valence-corrected chi connectivity index (χ1v) is 6.47. The summed E-state index contributed by atoms with van der Waals surface area (Å²) in [7, 11) is -3.75. The summed E-state index contributed by atoms with van der Waals surface area (Å²) in [5.41, 5.74) is 0. The van der Waals surface area contributed by atoms with E-state index in [0.29, 0.717) is 18.8 Å². The van der Waals surface area contributed by atoms with Gasteiger partial charge in [0.2, 0.25) is 0 Å². The summed E-state index contributed by atoms with van der Waals surface area (Å²) in [5, 5.41) is -0.487.